The summed E-state index contributed by atoms with van der Waals surface area (Å²) >= 11 is 0. The Hall–Kier alpha value is -1.44. The third-order valence-corrected chi connectivity index (χ3v) is 2.72. The minimum Gasteiger partial charge on any atom is -0.494 e. The van der Waals surface area contributed by atoms with E-state index in [4.69, 9.17) is 4.74 Å². The first-order valence-electron chi connectivity index (χ1n) is 6.83. The van der Waals surface area contributed by atoms with Crippen LogP contribution in [0.4, 0.5) is 5.69 Å². The quantitative estimate of drug-likeness (QED) is 0.507. The van der Waals surface area contributed by atoms with Crippen molar-refractivity contribution in [2.45, 2.75) is 39.5 Å². The fourth-order valence-corrected chi connectivity index (χ4v) is 1.64. The van der Waals surface area contributed by atoms with Crippen molar-refractivity contribution in [2.75, 3.05) is 18.5 Å². The summed E-state index contributed by atoms with van der Waals surface area (Å²) in [6.45, 7) is 9.73. The molecule has 18 heavy (non-hydrogen) atoms. The lowest BCUT2D eigenvalue weighted by atomic mass is 10.2. The molecule has 1 aromatic rings. The van der Waals surface area contributed by atoms with Crippen LogP contribution in [0.25, 0.3) is 0 Å². The van der Waals surface area contributed by atoms with Gasteiger partial charge in [-0.1, -0.05) is 38.3 Å². The van der Waals surface area contributed by atoms with E-state index in [2.05, 4.69) is 18.8 Å². The van der Waals surface area contributed by atoms with Crippen molar-refractivity contribution in [3.05, 3.63) is 36.4 Å². The Labute approximate surface area is 111 Å². The largest absolute Gasteiger partial charge is 0.494 e. The first kappa shape index (κ1) is 14.6. The highest BCUT2D eigenvalue weighted by Gasteiger charge is 1.95. The monoisotopic (exact) mass is 247 g/mol. The Balaban J connectivity index is 2.25. The van der Waals surface area contributed by atoms with Crippen LogP contribution in [-0.4, -0.2) is 13.2 Å². The van der Waals surface area contributed by atoms with Gasteiger partial charge in [0.1, 0.15) is 5.75 Å². The second-order valence-corrected chi connectivity index (χ2v) is 4.74. The van der Waals surface area contributed by atoms with Crippen molar-refractivity contribution in [3.8, 4) is 5.75 Å². The van der Waals surface area contributed by atoms with Gasteiger partial charge in [-0.2, -0.15) is 0 Å². The molecule has 1 rings (SSSR count). The highest BCUT2D eigenvalue weighted by Crippen LogP contribution is 2.16. The van der Waals surface area contributed by atoms with Crippen LogP contribution in [0.15, 0.2) is 36.4 Å². The van der Waals surface area contributed by atoms with E-state index in [1.54, 1.807) is 0 Å². The van der Waals surface area contributed by atoms with E-state index in [-0.39, 0.29) is 0 Å². The molecule has 0 unspecified atom stereocenters. The highest BCUT2D eigenvalue weighted by atomic mass is 16.5. The number of hydrogen-bond acceptors (Lipinski definition) is 2. The summed E-state index contributed by atoms with van der Waals surface area (Å²) in [5.74, 6) is 0.951. The van der Waals surface area contributed by atoms with E-state index in [9.17, 15) is 0 Å². The molecule has 2 nitrogen and oxygen atoms in total. The van der Waals surface area contributed by atoms with Gasteiger partial charge in [0.2, 0.25) is 0 Å². The molecule has 0 aromatic heterocycles. The van der Waals surface area contributed by atoms with Crippen molar-refractivity contribution in [1.82, 2.24) is 0 Å². The summed E-state index contributed by atoms with van der Waals surface area (Å²) in [7, 11) is 0. The lowest BCUT2D eigenvalue weighted by molar-refractivity contribution is 0.305. The molecular weight excluding hydrogens is 222 g/mol. The number of benzene rings is 1. The summed E-state index contributed by atoms with van der Waals surface area (Å²) in [4.78, 5) is 0. The molecule has 0 bridgehead atoms. The summed E-state index contributed by atoms with van der Waals surface area (Å²) < 4.78 is 5.69. The van der Waals surface area contributed by atoms with E-state index in [0.29, 0.717) is 0 Å². The zero-order valence-corrected chi connectivity index (χ0v) is 11.7. The number of rotatable bonds is 9. The predicted octanol–water partition coefficient (Wildman–Crippen LogP) is 4.63. The highest BCUT2D eigenvalue weighted by molar-refractivity contribution is 5.47. The molecule has 100 valence electrons. The molecule has 0 spiro atoms. The van der Waals surface area contributed by atoms with Crippen LogP contribution in [0.5, 0.6) is 5.75 Å². The Morgan fingerprint density at radius 1 is 1.17 bits per heavy atom. The van der Waals surface area contributed by atoms with Crippen molar-refractivity contribution in [1.29, 1.82) is 0 Å². The summed E-state index contributed by atoms with van der Waals surface area (Å²) in [6.07, 6.45) is 4.97. The molecule has 0 amide bonds. The van der Waals surface area contributed by atoms with Gasteiger partial charge in [0.05, 0.1) is 6.61 Å². The van der Waals surface area contributed by atoms with E-state index in [1.807, 2.05) is 31.2 Å². The smallest absolute Gasteiger partial charge is 0.119 e. The topological polar surface area (TPSA) is 21.3 Å². The van der Waals surface area contributed by atoms with Crippen LogP contribution in [0.1, 0.15) is 39.5 Å². The Bertz CT molecular complexity index is 343. The standard InChI is InChI=1S/C16H25NO/c1-4-5-6-7-12-18-16-10-8-15(9-11-16)17-13-14(2)3/h8-11,17H,2,4-7,12-13H2,1,3H3. The van der Waals surface area contributed by atoms with E-state index in [1.165, 1.54) is 19.3 Å². The Kier molecular flexibility index (Phi) is 7.00. The Morgan fingerprint density at radius 2 is 1.89 bits per heavy atom. The van der Waals surface area contributed by atoms with Gasteiger partial charge in [-0.3, -0.25) is 0 Å². The maximum Gasteiger partial charge on any atom is 0.119 e. The molecule has 0 aliphatic carbocycles. The average molecular weight is 247 g/mol. The van der Waals surface area contributed by atoms with Crippen molar-refractivity contribution in [2.24, 2.45) is 0 Å². The minimum atomic E-state index is 0.817. The molecule has 1 aromatic carbocycles. The van der Waals surface area contributed by atoms with Crippen LogP contribution < -0.4 is 10.1 Å². The van der Waals surface area contributed by atoms with Crippen molar-refractivity contribution in [3.63, 3.8) is 0 Å². The zero-order valence-electron chi connectivity index (χ0n) is 11.7. The SMILES string of the molecule is C=C(C)CNc1ccc(OCCCCCC)cc1. The zero-order chi connectivity index (χ0) is 13.2. The molecule has 0 aliphatic rings. The number of anilines is 1. The second kappa shape index (κ2) is 8.62. The van der Waals surface area contributed by atoms with Gasteiger partial charge in [-0.15, -0.1) is 0 Å². The van der Waals surface area contributed by atoms with Crippen LogP contribution in [-0.2, 0) is 0 Å². The third-order valence-electron chi connectivity index (χ3n) is 2.72. The lowest BCUT2D eigenvalue weighted by Crippen LogP contribution is -2.02. The molecule has 0 saturated heterocycles. The molecule has 0 fully saturated rings. The third kappa shape index (κ3) is 6.33. The molecule has 1 N–H and O–H groups in total. The first-order chi connectivity index (χ1) is 8.72. The maximum absolute atomic E-state index is 5.69. The lowest BCUT2D eigenvalue weighted by Gasteiger charge is -2.08. The van der Waals surface area contributed by atoms with Gasteiger partial charge >= 0.3 is 0 Å². The van der Waals surface area contributed by atoms with Crippen LogP contribution >= 0.6 is 0 Å². The van der Waals surface area contributed by atoms with Gasteiger partial charge < -0.3 is 10.1 Å². The number of nitrogens with one attached hydrogen (secondary N) is 1. The van der Waals surface area contributed by atoms with Gasteiger partial charge in [0, 0.05) is 12.2 Å². The number of hydrogen-bond donors (Lipinski definition) is 1. The molecule has 2 heteroatoms. The van der Waals surface area contributed by atoms with Gasteiger partial charge in [-0.05, 0) is 37.6 Å². The van der Waals surface area contributed by atoms with Gasteiger partial charge in [0.15, 0.2) is 0 Å². The fraction of sp³-hybridized carbons (Fsp3) is 0.500. The van der Waals surface area contributed by atoms with Gasteiger partial charge in [0.25, 0.3) is 0 Å². The number of unbranched alkanes of at least 4 members (excludes halogenated alkanes) is 3. The second-order valence-electron chi connectivity index (χ2n) is 4.74. The predicted molar refractivity (Wildman–Crippen MR) is 79.4 cm³/mol. The molecule has 0 atom stereocenters. The van der Waals surface area contributed by atoms with E-state index >= 15 is 0 Å². The molecule has 0 saturated carbocycles. The van der Waals surface area contributed by atoms with E-state index < -0.39 is 0 Å². The average Bonchev–Trinajstić information content (AvgIpc) is 2.37. The van der Waals surface area contributed by atoms with Crippen molar-refractivity contribution < 1.29 is 4.74 Å². The van der Waals surface area contributed by atoms with Gasteiger partial charge in [-0.25, -0.2) is 0 Å². The molecule has 0 aliphatic heterocycles. The molecular formula is C16H25NO. The summed E-state index contributed by atoms with van der Waals surface area (Å²) in [5, 5.41) is 3.30. The summed E-state index contributed by atoms with van der Waals surface area (Å²) in [6, 6.07) is 8.12. The van der Waals surface area contributed by atoms with Crippen molar-refractivity contribution >= 4 is 5.69 Å². The molecule has 0 heterocycles. The Morgan fingerprint density at radius 3 is 2.50 bits per heavy atom. The van der Waals surface area contributed by atoms with Crippen LogP contribution in [0.3, 0.4) is 0 Å². The van der Waals surface area contributed by atoms with Crippen LogP contribution in [0.2, 0.25) is 0 Å². The van der Waals surface area contributed by atoms with E-state index in [0.717, 1.165) is 36.6 Å². The van der Waals surface area contributed by atoms with Crippen LogP contribution in [0, 0.1) is 0 Å². The molecule has 0 radical (unpaired) electrons. The maximum atomic E-state index is 5.69. The minimum absolute atomic E-state index is 0.817. The summed E-state index contributed by atoms with van der Waals surface area (Å²) in [5.41, 5.74) is 2.24. The fourth-order valence-electron chi connectivity index (χ4n) is 1.64. The normalized spacial score (nSPS) is 10.1. The number of ether oxygens (including phenoxy) is 1. The first-order valence-corrected chi connectivity index (χ1v) is 6.83.